The molecular formula is C14H12N4O5. The van der Waals surface area contributed by atoms with E-state index in [2.05, 4.69) is 4.98 Å². The van der Waals surface area contributed by atoms with Gasteiger partial charge in [0.2, 0.25) is 0 Å². The number of hydrogen-bond donors (Lipinski definition) is 3. The Morgan fingerprint density at radius 1 is 1.30 bits per heavy atom. The number of aromatic nitrogens is 1. The van der Waals surface area contributed by atoms with Crippen molar-refractivity contribution < 1.29 is 24.7 Å². The van der Waals surface area contributed by atoms with Gasteiger partial charge in [-0.05, 0) is 24.3 Å². The predicted molar refractivity (Wildman–Crippen MR) is 77.0 cm³/mol. The fraction of sp³-hybridized carbons (Fsp3) is 0.143. The third-order valence-corrected chi connectivity index (χ3v) is 3.57. The highest BCUT2D eigenvalue weighted by atomic mass is 16.6. The predicted octanol–water partition coefficient (Wildman–Crippen LogP) is 0.944. The van der Waals surface area contributed by atoms with E-state index in [-0.39, 0.29) is 11.4 Å². The minimum Gasteiger partial charge on any atom is -0.462 e. The number of imide groups is 1. The van der Waals surface area contributed by atoms with Crippen LogP contribution in [-0.2, 0) is 9.59 Å². The summed E-state index contributed by atoms with van der Waals surface area (Å²) < 4.78 is 0. The Morgan fingerprint density at radius 3 is 2.74 bits per heavy atom. The van der Waals surface area contributed by atoms with Crippen LogP contribution < -0.4 is 5.73 Å². The molecule has 1 aromatic heterocycles. The SMILES string of the molecule is Nc1ccc2nc(C3CC(=O)N(N(O)C(=O)O)C3=O)ccc2c1. The molecule has 118 valence electrons. The second-order valence-corrected chi connectivity index (χ2v) is 5.06. The molecule has 1 aromatic carbocycles. The van der Waals surface area contributed by atoms with Crippen LogP contribution in [0.15, 0.2) is 30.3 Å². The van der Waals surface area contributed by atoms with Crippen LogP contribution in [0.4, 0.5) is 10.5 Å². The fourth-order valence-electron chi connectivity index (χ4n) is 2.49. The summed E-state index contributed by atoms with van der Waals surface area (Å²) >= 11 is 0. The van der Waals surface area contributed by atoms with Gasteiger partial charge in [0, 0.05) is 17.5 Å². The van der Waals surface area contributed by atoms with Gasteiger partial charge in [0.05, 0.1) is 17.1 Å². The van der Waals surface area contributed by atoms with Gasteiger partial charge in [-0.15, -0.1) is 0 Å². The normalized spacial score (nSPS) is 17.8. The topological polar surface area (TPSA) is 137 Å². The lowest BCUT2D eigenvalue weighted by Gasteiger charge is -2.20. The number of pyridine rings is 1. The highest BCUT2D eigenvalue weighted by Crippen LogP contribution is 2.30. The Labute approximate surface area is 129 Å². The molecule has 1 saturated heterocycles. The molecule has 0 radical (unpaired) electrons. The van der Waals surface area contributed by atoms with E-state index in [0.717, 1.165) is 5.39 Å². The van der Waals surface area contributed by atoms with E-state index in [0.29, 0.717) is 16.9 Å². The Balaban J connectivity index is 1.96. The molecule has 1 aliphatic rings. The van der Waals surface area contributed by atoms with E-state index in [1.54, 1.807) is 30.3 Å². The summed E-state index contributed by atoms with van der Waals surface area (Å²) in [6.07, 6.45) is -2.09. The van der Waals surface area contributed by atoms with Gasteiger partial charge >= 0.3 is 6.09 Å². The summed E-state index contributed by atoms with van der Waals surface area (Å²) in [6, 6.07) is 8.35. The van der Waals surface area contributed by atoms with Crippen molar-refractivity contribution in [1.29, 1.82) is 0 Å². The Morgan fingerprint density at radius 2 is 2.04 bits per heavy atom. The number of fused-ring (bicyclic) bond motifs is 1. The molecule has 23 heavy (non-hydrogen) atoms. The molecule has 0 saturated carbocycles. The zero-order valence-electron chi connectivity index (χ0n) is 11.7. The van der Waals surface area contributed by atoms with Crippen molar-refractivity contribution in [2.24, 2.45) is 0 Å². The number of nitrogens with zero attached hydrogens (tertiary/aromatic N) is 3. The molecule has 3 amide bonds. The van der Waals surface area contributed by atoms with E-state index in [1.165, 1.54) is 0 Å². The first-order valence-electron chi connectivity index (χ1n) is 6.63. The molecule has 9 nitrogen and oxygen atoms in total. The molecule has 0 aliphatic carbocycles. The Bertz CT molecular complexity index is 837. The molecule has 9 heteroatoms. The van der Waals surface area contributed by atoms with E-state index in [4.69, 9.17) is 10.8 Å². The maximum absolute atomic E-state index is 12.2. The molecule has 3 rings (SSSR count). The zero-order chi connectivity index (χ0) is 16.7. The molecule has 1 aliphatic heterocycles. The smallest absolute Gasteiger partial charge is 0.452 e. The van der Waals surface area contributed by atoms with Gasteiger partial charge in [0.15, 0.2) is 0 Å². The quantitative estimate of drug-likeness (QED) is 0.324. The van der Waals surface area contributed by atoms with Crippen LogP contribution in [0, 0.1) is 0 Å². The number of nitrogens with two attached hydrogens (primary N) is 1. The highest BCUT2D eigenvalue weighted by molar-refractivity contribution is 6.06. The molecule has 1 unspecified atom stereocenters. The van der Waals surface area contributed by atoms with Crippen molar-refractivity contribution in [1.82, 2.24) is 15.2 Å². The summed E-state index contributed by atoms with van der Waals surface area (Å²) in [7, 11) is 0. The first-order valence-corrected chi connectivity index (χ1v) is 6.63. The van der Waals surface area contributed by atoms with Gasteiger partial charge in [-0.25, -0.2) is 4.79 Å². The number of benzene rings is 1. The number of amides is 3. The number of hydrogen-bond acceptors (Lipinski definition) is 6. The van der Waals surface area contributed by atoms with Crippen LogP contribution in [0.3, 0.4) is 0 Å². The van der Waals surface area contributed by atoms with Crippen molar-refractivity contribution in [3.05, 3.63) is 36.0 Å². The number of carbonyl (C=O) groups excluding carboxylic acids is 2. The molecule has 0 bridgehead atoms. The summed E-state index contributed by atoms with van der Waals surface area (Å²) in [4.78, 5) is 39.1. The van der Waals surface area contributed by atoms with Crippen molar-refractivity contribution >= 4 is 34.5 Å². The summed E-state index contributed by atoms with van der Waals surface area (Å²) in [6.45, 7) is 0. The second kappa shape index (κ2) is 5.21. The zero-order valence-corrected chi connectivity index (χ0v) is 11.7. The second-order valence-electron chi connectivity index (χ2n) is 5.06. The molecule has 4 N–H and O–H groups in total. The number of anilines is 1. The summed E-state index contributed by atoms with van der Waals surface area (Å²) in [5, 5.41) is 18.6. The van der Waals surface area contributed by atoms with Gasteiger partial charge in [0.25, 0.3) is 11.8 Å². The molecule has 1 fully saturated rings. The van der Waals surface area contributed by atoms with Crippen molar-refractivity contribution in [3.63, 3.8) is 0 Å². The van der Waals surface area contributed by atoms with Crippen LogP contribution in [0.2, 0.25) is 0 Å². The van der Waals surface area contributed by atoms with Crippen LogP contribution in [0.5, 0.6) is 0 Å². The third kappa shape index (κ3) is 2.42. The minimum absolute atomic E-state index is 0.196. The average molecular weight is 316 g/mol. The monoisotopic (exact) mass is 316 g/mol. The molecule has 2 heterocycles. The Hall–Kier alpha value is -3.20. The number of rotatable bonds is 2. The van der Waals surface area contributed by atoms with Gasteiger partial charge in [-0.1, -0.05) is 11.2 Å². The van der Waals surface area contributed by atoms with Crippen LogP contribution in [0.25, 0.3) is 10.9 Å². The first kappa shape index (κ1) is 14.7. The molecule has 2 aromatic rings. The van der Waals surface area contributed by atoms with E-state index in [1.807, 2.05) is 0 Å². The largest absolute Gasteiger partial charge is 0.462 e. The molecular weight excluding hydrogens is 304 g/mol. The number of nitrogen functional groups attached to an aromatic ring is 1. The number of carbonyl (C=O) groups is 3. The standard InChI is InChI=1S/C14H12N4O5/c15-8-2-4-10-7(5-8)1-3-11(16-10)9-6-12(19)17(13(9)20)18(23)14(21)22/h1-5,9,23H,6,15H2,(H,21,22). The number of hydrazine groups is 1. The number of carboxylic acid groups (broad SMARTS) is 1. The average Bonchev–Trinajstić information content (AvgIpc) is 2.80. The Kier molecular flexibility index (Phi) is 3.34. The maximum atomic E-state index is 12.2. The first-order chi connectivity index (χ1) is 10.9. The van der Waals surface area contributed by atoms with Crippen molar-refractivity contribution in [3.8, 4) is 0 Å². The summed E-state index contributed by atoms with van der Waals surface area (Å²) in [5.41, 5.74) is 7.17. The van der Waals surface area contributed by atoms with E-state index in [9.17, 15) is 19.6 Å². The van der Waals surface area contributed by atoms with Gasteiger partial charge in [-0.2, -0.15) is 5.01 Å². The van der Waals surface area contributed by atoms with Crippen molar-refractivity contribution in [2.45, 2.75) is 12.3 Å². The minimum atomic E-state index is -1.82. The third-order valence-electron chi connectivity index (χ3n) is 3.57. The molecule has 1 atom stereocenters. The lowest BCUT2D eigenvalue weighted by Crippen LogP contribution is -2.47. The van der Waals surface area contributed by atoms with Gasteiger partial charge in [-0.3, -0.25) is 19.8 Å². The fourth-order valence-corrected chi connectivity index (χ4v) is 2.49. The van der Waals surface area contributed by atoms with Crippen molar-refractivity contribution in [2.75, 3.05) is 5.73 Å². The molecule has 0 spiro atoms. The van der Waals surface area contributed by atoms with Gasteiger partial charge < -0.3 is 10.8 Å². The van der Waals surface area contributed by atoms with E-state index >= 15 is 0 Å². The van der Waals surface area contributed by atoms with Crippen LogP contribution >= 0.6 is 0 Å². The lowest BCUT2D eigenvalue weighted by atomic mass is 10.0. The van der Waals surface area contributed by atoms with Gasteiger partial charge in [0.1, 0.15) is 0 Å². The van der Waals surface area contributed by atoms with Crippen LogP contribution in [-0.4, -0.2) is 43.4 Å². The number of hydroxylamine groups is 1. The van der Waals surface area contributed by atoms with E-state index < -0.39 is 29.0 Å². The summed E-state index contributed by atoms with van der Waals surface area (Å²) in [5.74, 6) is -2.61. The maximum Gasteiger partial charge on any atom is 0.452 e. The highest BCUT2D eigenvalue weighted by Gasteiger charge is 2.45. The van der Waals surface area contributed by atoms with Crippen LogP contribution in [0.1, 0.15) is 18.0 Å². The lowest BCUT2D eigenvalue weighted by molar-refractivity contribution is -0.209.